The Balaban J connectivity index is 1.70. The molecule has 0 aliphatic carbocycles. The predicted molar refractivity (Wildman–Crippen MR) is 80.7 cm³/mol. The molecule has 1 amide bonds. The summed E-state index contributed by atoms with van der Waals surface area (Å²) < 4.78 is 6.97. The molecule has 6 heteroatoms. The molecule has 1 aromatic carbocycles. The van der Waals surface area contributed by atoms with Crippen LogP contribution in [0.1, 0.15) is 12.8 Å². The van der Waals surface area contributed by atoms with E-state index in [-0.39, 0.29) is 5.91 Å². The van der Waals surface area contributed by atoms with E-state index in [4.69, 9.17) is 16.3 Å². The van der Waals surface area contributed by atoms with Crippen LogP contribution in [0.5, 0.6) is 0 Å². The Bertz CT molecular complexity index is 618. The van der Waals surface area contributed by atoms with Crippen molar-refractivity contribution in [2.45, 2.75) is 12.8 Å². The van der Waals surface area contributed by atoms with E-state index in [0.29, 0.717) is 29.8 Å². The number of anilines is 1. The van der Waals surface area contributed by atoms with Gasteiger partial charge in [0.15, 0.2) is 0 Å². The van der Waals surface area contributed by atoms with Crippen LogP contribution in [0.3, 0.4) is 0 Å². The molecule has 3 rings (SSSR count). The molecule has 110 valence electrons. The summed E-state index contributed by atoms with van der Waals surface area (Å²) in [5, 5.41) is 7.80. The van der Waals surface area contributed by atoms with Crippen molar-refractivity contribution in [2.75, 3.05) is 18.5 Å². The van der Waals surface area contributed by atoms with Crippen LogP contribution in [-0.2, 0) is 9.53 Å². The average molecular weight is 306 g/mol. The van der Waals surface area contributed by atoms with E-state index in [9.17, 15) is 4.79 Å². The van der Waals surface area contributed by atoms with E-state index in [0.717, 1.165) is 18.7 Å². The molecule has 1 saturated heterocycles. The van der Waals surface area contributed by atoms with Gasteiger partial charge in [-0.3, -0.25) is 4.79 Å². The topological polar surface area (TPSA) is 56.1 Å². The summed E-state index contributed by atoms with van der Waals surface area (Å²) in [5.74, 6) is 0.958. The third-order valence-corrected chi connectivity index (χ3v) is 3.73. The molecule has 1 fully saturated rings. The number of nitrogens with zero attached hydrogens (tertiary/aromatic N) is 2. The lowest BCUT2D eigenvalue weighted by atomic mass is 10.1. The fourth-order valence-corrected chi connectivity index (χ4v) is 2.51. The second kappa shape index (κ2) is 6.28. The Kier molecular flexibility index (Phi) is 4.22. The van der Waals surface area contributed by atoms with Gasteiger partial charge in [0.2, 0.25) is 5.91 Å². The fourth-order valence-electron chi connectivity index (χ4n) is 2.39. The number of amides is 1. The number of benzene rings is 1. The van der Waals surface area contributed by atoms with Crippen LogP contribution in [0.25, 0.3) is 5.69 Å². The van der Waals surface area contributed by atoms with Gasteiger partial charge in [0.1, 0.15) is 5.82 Å². The van der Waals surface area contributed by atoms with Gasteiger partial charge in [-0.25, -0.2) is 4.68 Å². The highest BCUT2D eigenvalue weighted by Gasteiger charge is 2.19. The van der Waals surface area contributed by atoms with Crippen molar-refractivity contribution in [3.63, 3.8) is 0 Å². The summed E-state index contributed by atoms with van der Waals surface area (Å²) in [6, 6.07) is 9.07. The molecule has 1 aromatic heterocycles. The first-order valence-corrected chi connectivity index (χ1v) is 7.28. The number of ether oxygens (including phenoxy) is 1. The Morgan fingerprint density at radius 1 is 1.38 bits per heavy atom. The van der Waals surface area contributed by atoms with Crippen molar-refractivity contribution in [3.05, 3.63) is 41.6 Å². The minimum atomic E-state index is -0.0128. The van der Waals surface area contributed by atoms with Crippen LogP contribution < -0.4 is 5.32 Å². The molecule has 1 aliphatic rings. The molecule has 0 saturated carbocycles. The number of nitrogens with one attached hydrogen (secondary N) is 1. The molecule has 5 nitrogen and oxygen atoms in total. The molecule has 1 aliphatic heterocycles. The Labute approximate surface area is 127 Å². The lowest BCUT2D eigenvalue weighted by Gasteiger charge is -2.11. The first kappa shape index (κ1) is 14.1. The summed E-state index contributed by atoms with van der Waals surface area (Å²) >= 11 is 5.88. The predicted octanol–water partition coefficient (Wildman–Crippen LogP) is 2.89. The Hall–Kier alpha value is -1.85. The van der Waals surface area contributed by atoms with Crippen molar-refractivity contribution in [2.24, 2.45) is 5.92 Å². The van der Waals surface area contributed by atoms with Crippen LogP contribution in [-0.4, -0.2) is 28.9 Å². The summed E-state index contributed by atoms with van der Waals surface area (Å²) in [7, 11) is 0. The largest absolute Gasteiger partial charge is 0.381 e. The lowest BCUT2D eigenvalue weighted by Crippen LogP contribution is -2.18. The summed E-state index contributed by atoms with van der Waals surface area (Å²) in [6.45, 7) is 1.42. The van der Waals surface area contributed by atoms with Gasteiger partial charge in [-0.05, 0) is 36.6 Å². The molecule has 0 spiro atoms. The number of halogens is 1. The van der Waals surface area contributed by atoms with Crippen LogP contribution in [0.4, 0.5) is 5.82 Å². The third kappa shape index (κ3) is 3.43. The Morgan fingerprint density at radius 2 is 2.19 bits per heavy atom. The zero-order chi connectivity index (χ0) is 14.7. The molecular weight excluding hydrogens is 290 g/mol. The maximum atomic E-state index is 12.1. The summed E-state index contributed by atoms with van der Waals surface area (Å²) in [4.78, 5) is 12.1. The highest BCUT2D eigenvalue weighted by molar-refractivity contribution is 6.30. The fraction of sp³-hybridized carbons (Fsp3) is 0.333. The first-order valence-electron chi connectivity index (χ1n) is 6.90. The quantitative estimate of drug-likeness (QED) is 0.945. The molecule has 0 radical (unpaired) electrons. The van der Waals surface area contributed by atoms with Gasteiger partial charge < -0.3 is 10.1 Å². The second-order valence-corrected chi connectivity index (χ2v) is 5.52. The second-order valence-electron chi connectivity index (χ2n) is 5.09. The molecule has 0 unspecified atom stereocenters. The third-order valence-electron chi connectivity index (χ3n) is 3.48. The maximum Gasteiger partial charge on any atom is 0.225 e. The number of hydrogen-bond donors (Lipinski definition) is 1. The Morgan fingerprint density at radius 3 is 2.90 bits per heavy atom. The first-order chi connectivity index (χ1) is 10.2. The van der Waals surface area contributed by atoms with E-state index in [1.165, 1.54) is 0 Å². The molecule has 2 heterocycles. The van der Waals surface area contributed by atoms with Crippen molar-refractivity contribution in [3.8, 4) is 5.69 Å². The van der Waals surface area contributed by atoms with Gasteiger partial charge in [0.25, 0.3) is 0 Å². The smallest absolute Gasteiger partial charge is 0.225 e. The normalized spacial score (nSPS) is 17.9. The van der Waals surface area contributed by atoms with E-state index < -0.39 is 0 Å². The van der Waals surface area contributed by atoms with Crippen LogP contribution in [0.15, 0.2) is 36.5 Å². The van der Waals surface area contributed by atoms with Crippen molar-refractivity contribution >= 4 is 23.3 Å². The number of carbonyl (C=O) groups excluding carboxylic acids is 1. The van der Waals surface area contributed by atoms with Gasteiger partial charge in [-0.1, -0.05) is 11.6 Å². The lowest BCUT2D eigenvalue weighted by molar-refractivity contribution is -0.117. The SMILES string of the molecule is O=C(C[C@H]1CCOC1)Nc1ccnn1-c1ccc(Cl)cc1. The molecular formula is C15H16ClN3O2. The molecule has 0 bridgehead atoms. The summed E-state index contributed by atoms with van der Waals surface area (Å²) in [5.41, 5.74) is 0.851. The number of hydrogen-bond acceptors (Lipinski definition) is 3. The molecule has 1 N–H and O–H groups in total. The molecule has 21 heavy (non-hydrogen) atoms. The molecule has 1 atom stereocenters. The highest BCUT2D eigenvalue weighted by atomic mass is 35.5. The number of aromatic nitrogens is 2. The monoisotopic (exact) mass is 305 g/mol. The van der Waals surface area contributed by atoms with Gasteiger partial charge in [-0.15, -0.1) is 0 Å². The van der Waals surface area contributed by atoms with Crippen LogP contribution in [0, 0.1) is 5.92 Å². The van der Waals surface area contributed by atoms with Gasteiger partial charge in [-0.2, -0.15) is 5.10 Å². The molecule has 2 aromatic rings. The van der Waals surface area contributed by atoms with Gasteiger partial charge in [0.05, 0.1) is 11.9 Å². The van der Waals surface area contributed by atoms with E-state index in [1.54, 1.807) is 29.1 Å². The number of carbonyl (C=O) groups is 1. The van der Waals surface area contributed by atoms with Gasteiger partial charge in [0, 0.05) is 30.7 Å². The van der Waals surface area contributed by atoms with Crippen molar-refractivity contribution < 1.29 is 9.53 Å². The minimum Gasteiger partial charge on any atom is -0.381 e. The minimum absolute atomic E-state index is 0.0128. The summed E-state index contributed by atoms with van der Waals surface area (Å²) in [6.07, 6.45) is 3.08. The zero-order valence-corrected chi connectivity index (χ0v) is 12.2. The highest BCUT2D eigenvalue weighted by Crippen LogP contribution is 2.20. The van der Waals surface area contributed by atoms with Gasteiger partial charge >= 0.3 is 0 Å². The standard InChI is InChI=1S/C15H16ClN3O2/c16-12-1-3-13(4-2-12)19-14(5-7-17-19)18-15(20)9-11-6-8-21-10-11/h1-5,7,11H,6,8-10H2,(H,18,20)/t11-/m1/s1. The zero-order valence-electron chi connectivity index (χ0n) is 11.5. The maximum absolute atomic E-state index is 12.1. The van der Waals surface area contributed by atoms with E-state index in [2.05, 4.69) is 10.4 Å². The number of rotatable bonds is 4. The van der Waals surface area contributed by atoms with Crippen molar-refractivity contribution in [1.82, 2.24) is 9.78 Å². The van der Waals surface area contributed by atoms with Crippen LogP contribution in [0.2, 0.25) is 5.02 Å². The van der Waals surface area contributed by atoms with Crippen LogP contribution >= 0.6 is 11.6 Å². The van der Waals surface area contributed by atoms with E-state index >= 15 is 0 Å². The van der Waals surface area contributed by atoms with Crippen molar-refractivity contribution in [1.29, 1.82) is 0 Å². The average Bonchev–Trinajstić information content (AvgIpc) is 3.11. The van der Waals surface area contributed by atoms with E-state index in [1.807, 2.05) is 12.1 Å².